The Morgan fingerprint density at radius 2 is 1.85 bits per heavy atom. The van der Waals surface area contributed by atoms with Crippen molar-refractivity contribution in [2.75, 3.05) is 0 Å². The van der Waals surface area contributed by atoms with Crippen LogP contribution in [0.15, 0.2) is 30.3 Å². The van der Waals surface area contributed by atoms with Crippen LogP contribution in [0.4, 0.5) is 0 Å². The fourth-order valence-corrected chi connectivity index (χ4v) is 6.27. The van der Waals surface area contributed by atoms with E-state index >= 15 is 0 Å². The quantitative estimate of drug-likeness (QED) is 0.882. The molecule has 4 saturated carbocycles. The summed E-state index contributed by atoms with van der Waals surface area (Å²) in [5.74, 6) is 0.0562. The van der Waals surface area contributed by atoms with Crippen molar-refractivity contribution < 1.29 is 9.90 Å². The molecule has 4 fully saturated rings. The molecular formula is C18H22O2. The smallest absolute Gasteiger partial charge is 0.309 e. The molecule has 4 aliphatic carbocycles. The van der Waals surface area contributed by atoms with Crippen molar-refractivity contribution in [3.8, 4) is 0 Å². The average molecular weight is 270 g/mol. The van der Waals surface area contributed by atoms with Crippen molar-refractivity contribution in [3.63, 3.8) is 0 Å². The number of benzene rings is 1. The van der Waals surface area contributed by atoms with E-state index in [4.69, 9.17) is 0 Å². The molecule has 2 nitrogen and oxygen atoms in total. The summed E-state index contributed by atoms with van der Waals surface area (Å²) in [4.78, 5) is 12.0. The molecule has 2 heteroatoms. The van der Waals surface area contributed by atoms with Gasteiger partial charge in [-0.2, -0.15) is 0 Å². The molecule has 0 saturated heterocycles. The van der Waals surface area contributed by atoms with E-state index in [1.54, 1.807) is 0 Å². The molecule has 5 rings (SSSR count). The molecule has 0 radical (unpaired) electrons. The summed E-state index contributed by atoms with van der Waals surface area (Å²) in [5, 5.41) is 9.85. The first kappa shape index (κ1) is 12.4. The first-order valence-electron chi connectivity index (χ1n) is 7.75. The lowest BCUT2D eigenvalue weighted by molar-refractivity contribution is -0.176. The topological polar surface area (TPSA) is 37.3 Å². The van der Waals surface area contributed by atoms with E-state index in [0.29, 0.717) is 5.92 Å². The van der Waals surface area contributed by atoms with Crippen molar-refractivity contribution in [2.24, 2.45) is 16.7 Å². The number of carbonyl (C=O) groups is 1. The van der Waals surface area contributed by atoms with E-state index in [9.17, 15) is 9.90 Å². The maximum absolute atomic E-state index is 12.0. The number of hydrogen-bond acceptors (Lipinski definition) is 1. The third kappa shape index (κ3) is 1.54. The minimum Gasteiger partial charge on any atom is -0.481 e. The van der Waals surface area contributed by atoms with Crippen molar-refractivity contribution in [1.82, 2.24) is 0 Å². The molecule has 0 heterocycles. The van der Waals surface area contributed by atoms with Crippen LogP contribution >= 0.6 is 0 Å². The Hall–Kier alpha value is -1.31. The third-order valence-corrected chi connectivity index (χ3v) is 6.19. The highest BCUT2D eigenvalue weighted by Crippen LogP contribution is 2.69. The van der Waals surface area contributed by atoms with E-state index in [-0.39, 0.29) is 10.8 Å². The second-order valence-corrected chi connectivity index (χ2v) is 8.05. The predicted molar refractivity (Wildman–Crippen MR) is 77.5 cm³/mol. The zero-order valence-corrected chi connectivity index (χ0v) is 12.1. The second kappa shape index (κ2) is 3.66. The highest BCUT2D eigenvalue weighted by atomic mass is 16.4. The number of rotatable bonds is 2. The van der Waals surface area contributed by atoms with Crippen LogP contribution in [0.3, 0.4) is 0 Å². The SMILES string of the molecule is CC12CC3CC(c4ccccc4)(C1)C[C@](C(=O)O)(C3)C2. The minimum atomic E-state index is -0.548. The summed E-state index contributed by atoms with van der Waals surface area (Å²) in [6.07, 6.45) is 6.26. The molecule has 4 aliphatic rings. The van der Waals surface area contributed by atoms with Gasteiger partial charge in [-0.3, -0.25) is 4.79 Å². The van der Waals surface area contributed by atoms with E-state index in [1.807, 2.05) is 0 Å². The van der Waals surface area contributed by atoms with Gasteiger partial charge in [0.2, 0.25) is 0 Å². The molecule has 1 N–H and O–H groups in total. The maximum Gasteiger partial charge on any atom is 0.309 e. The van der Waals surface area contributed by atoms with Crippen molar-refractivity contribution in [3.05, 3.63) is 35.9 Å². The van der Waals surface area contributed by atoms with Crippen LogP contribution in [-0.4, -0.2) is 11.1 Å². The maximum atomic E-state index is 12.0. The Morgan fingerprint density at radius 3 is 2.50 bits per heavy atom. The Labute approximate surface area is 120 Å². The number of aliphatic carboxylic acids is 1. The van der Waals surface area contributed by atoms with E-state index in [1.165, 1.54) is 24.8 Å². The summed E-state index contributed by atoms with van der Waals surface area (Å²) in [6, 6.07) is 10.7. The summed E-state index contributed by atoms with van der Waals surface area (Å²) in [6.45, 7) is 2.33. The first-order chi connectivity index (χ1) is 9.46. The van der Waals surface area contributed by atoms with Crippen LogP contribution < -0.4 is 0 Å². The molecule has 4 bridgehead atoms. The van der Waals surface area contributed by atoms with Gasteiger partial charge in [0, 0.05) is 0 Å². The van der Waals surface area contributed by atoms with Crippen LogP contribution in [0.2, 0.25) is 0 Å². The van der Waals surface area contributed by atoms with Gasteiger partial charge in [0.15, 0.2) is 0 Å². The van der Waals surface area contributed by atoms with Gasteiger partial charge in [0.1, 0.15) is 0 Å². The molecule has 106 valence electrons. The molecule has 4 atom stereocenters. The lowest BCUT2D eigenvalue weighted by Crippen LogP contribution is -2.60. The first-order valence-corrected chi connectivity index (χ1v) is 7.75. The highest BCUT2D eigenvalue weighted by Gasteiger charge is 2.64. The fourth-order valence-electron chi connectivity index (χ4n) is 6.27. The summed E-state index contributed by atoms with van der Waals surface area (Å²) < 4.78 is 0. The van der Waals surface area contributed by atoms with Crippen LogP contribution in [-0.2, 0) is 10.2 Å². The van der Waals surface area contributed by atoms with Crippen LogP contribution in [0, 0.1) is 16.7 Å². The van der Waals surface area contributed by atoms with Gasteiger partial charge < -0.3 is 5.11 Å². The Balaban J connectivity index is 1.85. The standard InChI is InChI=1S/C18H22O2/c1-16-7-13-8-17(10-16,14-5-3-2-4-6-14)12-18(9-13,11-16)15(19)20/h2-6,13H,7-12H2,1H3,(H,19,20)/t13?,16?,17?,18-/m0/s1. The van der Waals surface area contributed by atoms with E-state index in [2.05, 4.69) is 37.3 Å². The zero-order chi connectivity index (χ0) is 14.0. The van der Waals surface area contributed by atoms with Gasteiger partial charge in [-0.05, 0) is 60.8 Å². The predicted octanol–water partition coefficient (Wildman–Crippen LogP) is 4.00. The Kier molecular flexibility index (Phi) is 2.28. The van der Waals surface area contributed by atoms with Gasteiger partial charge >= 0.3 is 5.97 Å². The van der Waals surface area contributed by atoms with Gasteiger partial charge in [0.25, 0.3) is 0 Å². The van der Waals surface area contributed by atoms with E-state index < -0.39 is 11.4 Å². The van der Waals surface area contributed by atoms with Crippen LogP contribution in [0.5, 0.6) is 0 Å². The average Bonchev–Trinajstić information content (AvgIpc) is 2.37. The van der Waals surface area contributed by atoms with Gasteiger partial charge in [0.05, 0.1) is 5.41 Å². The van der Waals surface area contributed by atoms with Crippen molar-refractivity contribution in [1.29, 1.82) is 0 Å². The highest BCUT2D eigenvalue weighted by molar-refractivity contribution is 5.76. The van der Waals surface area contributed by atoms with E-state index in [0.717, 1.165) is 19.3 Å². The number of carboxylic acids is 1. The molecule has 1 aromatic carbocycles. The molecule has 1 aromatic rings. The van der Waals surface area contributed by atoms with Gasteiger partial charge in [-0.15, -0.1) is 0 Å². The monoisotopic (exact) mass is 270 g/mol. The molecule has 3 unspecified atom stereocenters. The number of hydrogen-bond donors (Lipinski definition) is 1. The van der Waals surface area contributed by atoms with Gasteiger partial charge in [-0.1, -0.05) is 37.3 Å². The second-order valence-electron chi connectivity index (χ2n) is 8.05. The van der Waals surface area contributed by atoms with Crippen molar-refractivity contribution in [2.45, 2.75) is 50.9 Å². The van der Waals surface area contributed by atoms with Crippen molar-refractivity contribution >= 4 is 5.97 Å². The summed E-state index contributed by atoms with van der Waals surface area (Å²) in [5.41, 5.74) is 1.27. The zero-order valence-electron chi connectivity index (χ0n) is 12.1. The minimum absolute atomic E-state index is 0.119. The van der Waals surface area contributed by atoms with Crippen LogP contribution in [0.25, 0.3) is 0 Å². The lowest BCUT2D eigenvalue weighted by Gasteiger charge is -2.64. The number of carboxylic acid groups (broad SMARTS) is 1. The van der Waals surface area contributed by atoms with Gasteiger partial charge in [-0.25, -0.2) is 0 Å². The molecule has 0 spiro atoms. The fraction of sp³-hybridized carbons (Fsp3) is 0.611. The molecular weight excluding hydrogens is 248 g/mol. The molecule has 20 heavy (non-hydrogen) atoms. The summed E-state index contributed by atoms with van der Waals surface area (Å²) >= 11 is 0. The third-order valence-electron chi connectivity index (χ3n) is 6.19. The lowest BCUT2D eigenvalue weighted by atomic mass is 9.39. The normalized spacial score (nSPS) is 45.5. The molecule has 0 aliphatic heterocycles. The van der Waals surface area contributed by atoms with Crippen LogP contribution in [0.1, 0.15) is 51.0 Å². The largest absolute Gasteiger partial charge is 0.481 e. The molecule has 0 amide bonds. The summed E-state index contributed by atoms with van der Waals surface area (Å²) in [7, 11) is 0. The Bertz CT molecular complexity index is 566. The molecule has 0 aromatic heterocycles. The Morgan fingerprint density at radius 1 is 1.10 bits per heavy atom.